The lowest BCUT2D eigenvalue weighted by Gasteiger charge is -2.06. The van der Waals surface area contributed by atoms with Crippen molar-refractivity contribution < 1.29 is 19.1 Å². The smallest absolute Gasteiger partial charge is 0.338 e. The first-order valence-electron chi connectivity index (χ1n) is 9.12. The van der Waals surface area contributed by atoms with Crippen LogP contribution in [0.25, 0.3) is 6.08 Å². The van der Waals surface area contributed by atoms with Crippen LogP contribution >= 0.6 is 0 Å². The van der Waals surface area contributed by atoms with Crippen LogP contribution in [-0.2, 0) is 14.3 Å². The monoisotopic (exact) mass is 380 g/mol. The Morgan fingerprint density at radius 2 is 1.54 bits per heavy atom. The molecule has 2 N–H and O–H groups in total. The summed E-state index contributed by atoms with van der Waals surface area (Å²) in [5.74, 6) is -0.791. The van der Waals surface area contributed by atoms with Gasteiger partial charge < -0.3 is 15.4 Å². The van der Waals surface area contributed by atoms with Gasteiger partial charge in [0, 0.05) is 24.4 Å². The SMILES string of the molecule is CCCCOC(=O)c1ccc(NC(=O)/C=C/c2ccc(NC(C)=O)cc2)cc1. The zero-order valence-corrected chi connectivity index (χ0v) is 16.0. The zero-order chi connectivity index (χ0) is 20.4. The van der Waals surface area contributed by atoms with Crippen LogP contribution in [0, 0.1) is 0 Å². The summed E-state index contributed by atoms with van der Waals surface area (Å²) in [5.41, 5.74) is 2.56. The highest BCUT2D eigenvalue weighted by Crippen LogP contribution is 2.13. The number of amides is 2. The highest BCUT2D eigenvalue weighted by Gasteiger charge is 2.07. The van der Waals surface area contributed by atoms with Gasteiger partial charge in [-0.1, -0.05) is 25.5 Å². The third-order valence-corrected chi connectivity index (χ3v) is 3.78. The fourth-order valence-electron chi connectivity index (χ4n) is 2.32. The number of carbonyl (C=O) groups is 3. The lowest BCUT2D eigenvalue weighted by Crippen LogP contribution is -2.09. The molecular weight excluding hydrogens is 356 g/mol. The largest absolute Gasteiger partial charge is 0.462 e. The molecule has 2 aromatic carbocycles. The topological polar surface area (TPSA) is 84.5 Å². The van der Waals surface area contributed by atoms with E-state index in [9.17, 15) is 14.4 Å². The summed E-state index contributed by atoms with van der Waals surface area (Å²) in [6, 6.07) is 13.7. The maximum absolute atomic E-state index is 12.0. The highest BCUT2D eigenvalue weighted by atomic mass is 16.5. The number of hydrogen-bond donors (Lipinski definition) is 2. The van der Waals surface area contributed by atoms with Gasteiger partial charge in [-0.05, 0) is 54.5 Å². The molecular formula is C22H24N2O4. The van der Waals surface area contributed by atoms with Crippen molar-refractivity contribution in [3.63, 3.8) is 0 Å². The van der Waals surface area contributed by atoms with Gasteiger partial charge >= 0.3 is 5.97 Å². The van der Waals surface area contributed by atoms with E-state index in [1.807, 2.05) is 6.92 Å². The predicted molar refractivity (Wildman–Crippen MR) is 110 cm³/mol. The Kier molecular flexibility index (Phi) is 7.96. The van der Waals surface area contributed by atoms with Crippen molar-refractivity contribution >= 4 is 35.2 Å². The Morgan fingerprint density at radius 3 is 2.14 bits per heavy atom. The molecule has 0 aliphatic rings. The number of benzene rings is 2. The zero-order valence-electron chi connectivity index (χ0n) is 16.0. The van der Waals surface area contributed by atoms with Gasteiger partial charge in [0.1, 0.15) is 0 Å². The van der Waals surface area contributed by atoms with Gasteiger partial charge in [0.15, 0.2) is 0 Å². The van der Waals surface area contributed by atoms with E-state index < -0.39 is 0 Å². The van der Waals surface area contributed by atoms with Crippen LogP contribution in [-0.4, -0.2) is 24.4 Å². The Hall–Kier alpha value is -3.41. The van der Waals surface area contributed by atoms with E-state index >= 15 is 0 Å². The first kappa shape index (κ1) is 20.9. The van der Waals surface area contributed by atoms with Crippen LogP contribution < -0.4 is 10.6 Å². The first-order chi connectivity index (χ1) is 13.5. The quantitative estimate of drug-likeness (QED) is 0.407. The molecule has 0 aliphatic carbocycles. The van der Waals surface area contributed by atoms with E-state index in [2.05, 4.69) is 10.6 Å². The number of nitrogens with one attached hydrogen (secondary N) is 2. The molecule has 0 bridgehead atoms. The van der Waals surface area contributed by atoms with Crippen molar-refractivity contribution in [2.45, 2.75) is 26.7 Å². The van der Waals surface area contributed by atoms with Gasteiger partial charge in [-0.3, -0.25) is 9.59 Å². The van der Waals surface area contributed by atoms with Gasteiger partial charge in [0.2, 0.25) is 11.8 Å². The summed E-state index contributed by atoms with van der Waals surface area (Å²) in [5, 5.41) is 5.41. The minimum Gasteiger partial charge on any atom is -0.462 e. The molecule has 6 heteroatoms. The maximum Gasteiger partial charge on any atom is 0.338 e. The molecule has 0 radical (unpaired) electrons. The standard InChI is InChI=1S/C22H24N2O4/c1-3-4-15-28-22(27)18-8-12-20(13-9-18)24-21(26)14-7-17-5-10-19(11-6-17)23-16(2)25/h5-14H,3-4,15H2,1-2H3,(H,23,25)(H,24,26)/b14-7+. The van der Waals surface area contributed by atoms with Crippen LogP contribution in [0.1, 0.15) is 42.6 Å². The number of anilines is 2. The Bertz CT molecular complexity index is 840. The number of carbonyl (C=O) groups excluding carboxylic acids is 3. The average molecular weight is 380 g/mol. The molecule has 0 saturated heterocycles. The second-order valence-electron chi connectivity index (χ2n) is 6.19. The van der Waals surface area contributed by atoms with Crippen molar-refractivity contribution in [1.82, 2.24) is 0 Å². The van der Waals surface area contributed by atoms with Gasteiger partial charge in [0.05, 0.1) is 12.2 Å². The molecule has 0 saturated carbocycles. The summed E-state index contributed by atoms with van der Waals surface area (Å²) >= 11 is 0. The van der Waals surface area contributed by atoms with Crippen LogP contribution in [0.5, 0.6) is 0 Å². The molecule has 0 fully saturated rings. The summed E-state index contributed by atoms with van der Waals surface area (Å²) < 4.78 is 5.15. The van der Waals surface area contributed by atoms with Crippen molar-refractivity contribution in [2.24, 2.45) is 0 Å². The van der Waals surface area contributed by atoms with Gasteiger partial charge in [-0.25, -0.2) is 4.79 Å². The van der Waals surface area contributed by atoms with E-state index in [1.54, 1.807) is 54.6 Å². The van der Waals surface area contributed by atoms with Crippen molar-refractivity contribution in [1.29, 1.82) is 0 Å². The van der Waals surface area contributed by atoms with E-state index in [-0.39, 0.29) is 17.8 Å². The third-order valence-electron chi connectivity index (χ3n) is 3.78. The van der Waals surface area contributed by atoms with Crippen LogP contribution in [0.3, 0.4) is 0 Å². The molecule has 0 aliphatic heterocycles. The minimum absolute atomic E-state index is 0.136. The fraction of sp³-hybridized carbons (Fsp3) is 0.227. The first-order valence-corrected chi connectivity index (χ1v) is 9.12. The molecule has 0 atom stereocenters. The second-order valence-corrected chi connectivity index (χ2v) is 6.19. The number of ether oxygens (including phenoxy) is 1. The van der Waals surface area contributed by atoms with Crippen LogP contribution in [0.4, 0.5) is 11.4 Å². The molecule has 0 heterocycles. The summed E-state index contributed by atoms with van der Waals surface area (Å²) in [4.78, 5) is 34.9. The van der Waals surface area contributed by atoms with E-state index in [0.29, 0.717) is 23.5 Å². The van der Waals surface area contributed by atoms with E-state index in [0.717, 1.165) is 18.4 Å². The molecule has 0 aromatic heterocycles. The molecule has 28 heavy (non-hydrogen) atoms. The van der Waals surface area contributed by atoms with Crippen molar-refractivity contribution in [3.05, 3.63) is 65.7 Å². The summed E-state index contributed by atoms with van der Waals surface area (Å²) in [6.07, 6.45) is 4.89. The molecule has 0 unspecified atom stereocenters. The lowest BCUT2D eigenvalue weighted by molar-refractivity contribution is -0.114. The predicted octanol–water partition coefficient (Wildman–Crippen LogP) is 4.25. The maximum atomic E-state index is 12.0. The molecule has 2 aromatic rings. The highest BCUT2D eigenvalue weighted by molar-refractivity contribution is 6.02. The van der Waals surface area contributed by atoms with Crippen LogP contribution in [0.2, 0.25) is 0 Å². The number of unbranched alkanes of at least 4 members (excludes halogenated alkanes) is 1. The Morgan fingerprint density at radius 1 is 0.929 bits per heavy atom. The molecule has 2 amide bonds. The van der Waals surface area contributed by atoms with E-state index in [1.165, 1.54) is 13.0 Å². The normalized spacial score (nSPS) is 10.5. The Labute approximate surface area is 164 Å². The summed E-state index contributed by atoms with van der Waals surface area (Å²) in [7, 11) is 0. The van der Waals surface area contributed by atoms with Gasteiger partial charge in [0.25, 0.3) is 0 Å². The van der Waals surface area contributed by atoms with Gasteiger partial charge in [-0.2, -0.15) is 0 Å². The number of hydrogen-bond acceptors (Lipinski definition) is 4. The fourth-order valence-corrected chi connectivity index (χ4v) is 2.32. The number of esters is 1. The lowest BCUT2D eigenvalue weighted by atomic mass is 10.2. The van der Waals surface area contributed by atoms with Crippen LogP contribution in [0.15, 0.2) is 54.6 Å². The average Bonchev–Trinajstić information content (AvgIpc) is 2.68. The van der Waals surface area contributed by atoms with E-state index in [4.69, 9.17) is 4.74 Å². The van der Waals surface area contributed by atoms with Gasteiger partial charge in [-0.15, -0.1) is 0 Å². The molecule has 2 rings (SSSR count). The number of rotatable bonds is 8. The van der Waals surface area contributed by atoms with Crippen molar-refractivity contribution in [2.75, 3.05) is 17.2 Å². The second kappa shape index (κ2) is 10.7. The Balaban J connectivity index is 1.87. The van der Waals surface area contributed by atoms with Crippen molar-refractivity contribution in [3.8, 4) is 0 Å². The molecule has 146 valence electrons. The minimum atomic E-state index is -0.367. The molecule has 0 spiro atoms. The third kappa shape index (κ3) is 7.07. The molecule has 6 nitrogen and oxygen atoms in total. The summed E-state index contributed by atoms with van der Waals surface area (Å²) in [6.45, 7) is 3.88.